The Balaban J connectivity index is 1.90. The zero-order valence-corrected chi connectivity index (χ0v) is 17.6. The SMILES string of the molecule is CC(OC(=O)CNS(=O)(=O)c1cccs1)C(=O)Nc1cc(Cl)c(Cl)cc1Cl. The van der Waals surface area contributed by atoms with Crippen LogP contribution in [0.3, 0.4) is 0 Å². The van der Waals surface area contributed by atoms with Crippen molar-refractivity contribution < 1.29 is 22.7 Å². The van der Waals surface area contributed by atoms with Crippen LogP contribution in [-0.4, -0.2) is 32.9 Å². The van der Waals surface area contributed by atoms with Gasteiger partial charge in [-0.1, -0.05) is 40.9 Å². The number of halogens is 3. The minimum absolute atomic E-state index is 0.0651. The standard InChI is InChI=1S/C15H13Cl3N2O5S2/c1-8(15(22)20-12-6-10(17)9(16)5-11(12)18)25-13(21)7-19-27(23,24)14-3-2-4-26-14/h2-6,8,19H,7H2,1H3,(H,20,22). The van der Waals surface area contributed by atoms with Crippen LogP contribution in [0, 0.1) is 0 Å². The molecule has 0 spiro atoms. The van der Waals surface area contributed by atoms with Crippen molar-refractivity contribution in [2.45, 2.75) is 17.2 Å². The first kappa shape index (κ1) is 21.9. The zero-order chi connectivity index (χ0) is 20.2. The van der Waals surface area contributed by atoms with Gasteiger partial charge in [-0.15, -0.1) is 11.3 Å². The third kappa shape index (κ3) is 6.06. The minimum atomic E-state index is -3.81. The summed E-state index contributed by atoms with van der Waals surface area (Å²) in [5.74, 6) is -1.59. The van der Waals surface area contributed by atoms with Crippen molar-refractivity contribution in [3.8, 4) is 0 Å². The molecule has 0 radical (unpaired) electrons. The van der Waals surface area contributed by atoms with Crippen molar-refractivity contribution in [1.29, 1.82) is 0 Å². The smallest absolute Gasteiger partial charge is 0.321 e. The maximum atomic E-state index is 12.1. The van der Waals surface area contributed by atoms with E-state index in [1.807, 2.05) is 0 Å². The summed E-state index contributed by atoms with van der Waals surface area (Å²) >= 11 is 18.6. The Hall–Kier alpha value is -1.36. The number of hydrogen-bond donors (Lipinski definition) is 2. The van der Waals surface area contributed by atoms with E-state index < -0.39 is 34.5 Å². The number of sulfonamides is 1. The molecule has 1 amide bonds. The molecule has 146 valence electrons. The highest BCUT2D eigenvalue weighted by atomic mass is 35.5. The summed E-state index contributed by atoms with van der Waals surface area (Å²) in [6.07, 6.45) is -1.20. The van der Waals surface area contributed by atoms with E-state index in [0.717, 1.165) is 11.3 Å². The van der Waals surface area contributed by atoms with E-state index in [-0.39, 0.29) is 25.0 Å². The molecule has 1 unspecified atom stereocenters. The number of hydrogen-bond acceptors (Lipinski definition) is 6. The lowest BCUT2D eigenvalue weighted by Crippen LogP contribution is -2.35. The predicted octanol–water partition coefficient (Wildman–Crippen LogP) is 3.56. The van der Waals surface area contributed by atoms with Crippen molar-refractivity contribution in [3.63, 3.8) is 0 Å². The average molecular weight is 472 g/mol. The topological polar surface area (TPSA) is 102 Å². The lowest BCUT2D eigenvalue weighted by atomic mass is 10.3. The summed E-state index contributed by atoms with van der Waals surface area (Å²) in [6.45, 7) is 0.706. The Morgan fingerprint density at radius 3 is 2.48 bits per heavy atom. The van der Waals surface area contributed by atoms with Crippen LogP contribution in [0.25, 0.3) is 0 Å². The fourth-order valence-corrected chi connectivity index (χ4v) is 4.39. The molecule has 0 aliphatic rings. The number of thiophene rings is 1. The van der Waals surface area contributed by atoms with Crippen molar-refractivity contribution in [3.05, 3.63) is 44.7 Å². The Kier molecular flexibility index (Phi) is 7.49. The molecule has 0 saturated carbocycles. The molecule has 0 aliphatic heterocycles. The highest BCUT2D eigenvalue weighted by Crippen LogP contribution is 2.32. The van der Waals surface area contributed by atoms with Gasteiger partial charge in [-0.25, -0.2) is 8.42 Å². The lowest BCUT2D eigenvalue weighted by molar-refractivity contribution is -0.151. The van der Waals surface area contributed by atoms with E-state index in [2.05, 4.69) is 10.0 Å². The maximum Gasteiger partial charge on any atom is 0.321 e. The molecule has 2 rings (SSSR count). The molecule has 1 atom stereocenters. The summed E-state index contributed by atoms with van der Waals surface area (Å²) in [7, 11) is -3.81. The summed E-state index contributed by atoms with van der Waals surface area (Å²) in [5, 5.41) is 4.60. The number of carbonyl (C=O) groups is 2. The van der Waals surface area contributed by atoms with Crippen molar-refractivity contribution in [1.82, 2.24) is 4.72 Å². The third-order valence-electron chi connectivity index (χ3n) is 3.11. The molecule has 0 bridgehead atoms. The van der Waals surface area contributed by atoms with E-state index >= 15 is 0 Å². The molecule has 2 N–H and O–H groups in total. The Morgan fingerprint density at radius 2 is 1.85 bits per heavy atom. The lowest BCUT2D eigenvalue weighted by Gasteiger charge is -2.15. The summed E-state index contributed by atoms with van der Waals surface area (Å²) < 4.78 is 30.9. The van der Waals surface area contributed by atoms with Crippen LogP contribution in [-0.2, 0) is 24.3 Å². The monoisotopic (exact) mass is 470 g/mol. The van der Waals surface area contributed by atoms with Gasteiger partial charge in [-0.05, 0) is 30.5 Å². The highest BCUT2D eigenvalue weighted by molar-refractivity contribution is 7.91. The van der Waals surface area contributed by atoms with Gasteiger partial charge >= 0.3 is 5.97 Å². The number of rotatable bonds is 7. The maximum absolute atomic E-state index is 12.1. The average Bonchev–Trinajstić information content (AvgIpc) is 3.13. The first-order chi connectivity index (χ1) is 12.6. The number of esters is 1. The molecule has 0 aliphatic carbocycles. The van der Waals surface area contributed by atoms with Crippen molar-refractivity contribution >= 4 is 73.7 Å². The van der Waals surface area contributed by atoms with Crippen LogP contribution in [0.1, 0.15) is 6.92 Å². The second-order valence-electron chi connectivity index (χ2n) is 5.12. The molecular weight excluding hydrogens is 459 g/mol. The fourth-order valence-electron chi connectivity index (χ4n) is 1.79. The molecule has 2 aromatic rings. The summed E-state index contributed by atoms with van der Waals surface area (Å²) in [5.41, 5.74) is 0.192. The van der Waals surface area contributed by atoms with Crippen LogP contribution >= 0.6 is 46.1 Å². The number of nitrogens with one attached hydrogen (secondary N) is 2. The quantitative estimate of drug-likeness (QED) is 0.475. The van der Waals surface area contributed by atoms with E-state index in [0.29, 0.717) is 0 Å². The van der Waals surface area contributed by atoms with Gasteiger partial charge in [0.2, 0.25) is 0 Å². The van der Waals surface area contributed by atoms with Crippen LogP contribution in [0.5, 0.6) is 0 Å². The first-order valence-corrected chi connectivity index (χ1v) is 10.8. The molecule has 1 aromatic heterocycles. The highest BCUT2D eigenvalue weighted by Gasteiger charge is 2.22. The van der Waals surface area contributed by atoms with E-state index in [9.17, 15) is 18.0 Å². The van der Waals surface area contributed by atoms with Crippen molar-refractivity contribution in [2.75, 3.05) is 11.9 Å². The number of benzene rings is 1. The number of anilines is 1. The minimum Gasteiger partial charge on any atom is -0.452 e. The normalized spacial score (nSPS) is 12.4. The third-order valence-corrected chi connectivity index (χ3v) is 6.95. The van der Waals surface area contributed by atoms with Gasteiger partial charge in [-0.3, -0.25) is 9.59 Å². The van der Waals surface area contributed by atoms with Crippen LogP contribution in [0.2, 0.25) is 15.1 Å². The van der Waals surface area contributed by atoms with Crippen molar-refractivity contribution in [2.24, 2.45) is 0 Å². The van der Waals surface area contributed by atoms with E-state index in [1.165, 1.54) is 25.1 Å². The Labute approximate surface area is 174 Å². The Morgan fingerprint density at radius 1 is 1.19 bits per heavy atom. The van der Waals surface area contributed by atoms with Gasteiger partial charge in [0.25, 0.3) is 15.9 Å². The number of carbonyl (C=O) groups excluding carboxylic acids is 2. The predicted molar refractivity (Wildman–Crippen MR) is 105 cm³/mol. The molecule has 1 aromatic carbocycles. The van der Waals surface area contributed by atoms with Gasteiger partial charge in [0, 0.05) is 0 Å². The van der Waals surface area contributed by atoms with Crippen LogP contribution in [0.15, 0.2) is 33.9 Å². The van der Waals surface area contributed by atoms with Gasteiger partial charge in [-0.2, -0.15) is 4.72 Å². The largest absolute Gasteiger partial charge is 0.452 e. The molecular formula is C15H13Cl3N2O5S2. The van der Waals surface area contributed by atoms with Gasteiger partial charge in [0.1, 0.15) is 10.8 Å². The fraction of sp³-hybridized carbons (Fsp3) is 0.200. The molecule has 7 nitrogen and oxygen atoms in total. The zero-order valence-electron chi connectivity index (χ0n) is 13.7. The summed E-state index contributed by atoms with van der Waals surface area (Å²) in [6, 6.07) is 5.68. The molecule has 0 fully saturated rings. The second-order valence-corrected chi connectivity index (χ2v) is 9.29. The van der Waals surface area contributed by atoms with Gasteiger partial charge < -0.3 is 10.1 Å². The van der Waals surface area contributed by atoms with Gasteiger partial charge in [0.05, 0.1) is 20.8 Å². The van der Waals surface area contributed by atoms with E-state index in [4.69, 9.17) is 39.5 Å². The van der Waals surface area contributed by atoms with E-state index in [1.54, 1.807) is 11.4 Å². The molecule has 12 heteroatoms. The van der Waals surface area contributed by atoms with Crippen LogP contribution < -0.4 is 10.0 Å². The molecule has 1 heterocycles. The summed E-state index contributed by atoms with van der Waals surface area (Å²) in [4.78, 5) is 23.9. The van der Waals surface area contributed by atoms with Crippen LogP contribution in [0.4, 0.5) is 5.69 Å². The second kappa shape index (κ2) is 9.22. The first-order valence-electron chi connectivity index (χ1n) is 7.28. The number of ether oxygens (including phenoxy) is 1. The van der Waals surface area contributed by atoms with Gasteiger partial charge in [0.15, 0.2) is 6.10 Å². The Bertz CT molecular complexity index is 949. The number of amides is 1. The molecule has 0 saturated heterocycles. The molecule has 27 heavy (non-hydrogen) atoms.